The Morgan fingerprint density at radius 2 is 2.00 bits per heavy atom. The van der Waals surface area contributed by atoms with Crippen molar-refractivity contribution in [3.05, 3.63) is 17.7 Å². The number of hydrogen-bond donors (Lipinski definition) is 2. The van der Waals surface area contributed by atoms with E-state index in [0.29, 0.717) is 23.0 Å². The molecule has 0 aromatic heterocycles. The summed E-state index contributed by atoms with van der Waals surface area (Å²) in [5.41, 5.74) is 6.80. The highest BCUT2D eigenvalue weighted by atomic mass is 35.5. The third-order valence-electron chi connectivity index (χ3n) is 3.20. The van der Waals surface area contributed by atoms with E-state index in [0.717, 1.165) is 6.42 Å². The van der Waals surface area contributed by atoms with Gasteiger partial charge in [-0.2, -0.15) is 0 Å². The van der Waals surface area contributed by atoms with Crippen LogP contribution < -0.4 is 15.2 Å². The summed E-state index contributed by atoms with van der Waals surface area (Å²) in [6.07, 6.45) is 3.39. The lowest BCUT2D eigenvalue weighted by Crippen LogP contribution is -2.12. The Kier molecular flexibility index (Phi) is 5.11. The molecule has 1 saturated carbocycles. The number of halogens is 1. The van der Waals surface area contributed by atoms with E-state index in [-0.39, 0.29) is 24.2 Å². The Hall–Kier alpha value is -1.13. The second-order valence-corrected chi connectivity index (χ2v) is 4.55. The Morgan fingerprint density at radius 3 is 2.50 bits per heavy atom. The maximum absolute atomic E-state index is 10.00. The fourth-order valence-electron chi connectivity index (χ4n) is 2.08. The van der Waals surface area contributed by atoms with Crippen LogP contribution in [-0.2, 0) is 0 Å². The van der Waals surface area contributed by atoms with Crippen LogP contribution in [0.25, 0.3) is 0 Å². The number of phenols is 1. The summed E-state index contributed by atoms with van der Waals surface area (Å²) in [5, 5.41) is 10.00. The zero-order valence-electron chi connectivity index (χ0n) is 10.7. The molecule has 0 heterocycles. The standard InChI is InChI=1S/C13H19NO3.ClH/c1-16-9-6-11(15)13(12(7-9)17-2)10(14)5-8-3-4-8;/h6-8,10,15H,3-5,14H2,1-2H3;1H/t10-;/m0./s1. The molecule has 0 bridgehead atoms. The zero-order chi connectivity index (χ0) is 12.4. The normalized spacial score (nSPS) is 15.7. The molecule has 1 fully saturated rings. The van der Waals surface area contributed by atoms with Gasteiger partial charge in [-0.3, -0.25) is 0 Å². The highest BCUT2D eigenvalue weighted by Gasteiger charge is 2.27. The predicted molar refractivity (Wildman–Crippen MR) is 72.7 cm³/mol. The first kappa shape index (κ1) is 14.9. The molecule has 1 aliphatic carbocycles. The van der Waals surface area contributed by atoms with E-state index >= 15 is 0 Å². The van der Waals surface area contributed by atoms with Gasteiger partial charge in [0.05, 0.1) is 19.8 Å². The van der Waals surface area contributed by atoms with E-state index in [4.69, 9.17) is 15.2 Å². The van der Waals surface area contributed by atoms with Gasteiger partial charge in [-0.15, -0.1) is 12.4 Å². The number of nitrogens with two attached hydrogens (primary N) is 1. The van der Waals surface area contributed by atoms with Gasteiger partial charge in [0.15, 0.2) is 0 Å². The third-order valence-corrected chi connectivity index (χ3v) is 3.20. The molecule has 1 aliphatic rings. The number of aromatic hydroxyl groups is 1. The lowest BCUT2D eigenvalue weighted by atomic mass is 9.99. The van der Waals surface area contributed by atoms with Gasteiger partial charge in [-0.25, -0.2) is 0 Å². The molecule has 18 heavy (non-hydrogen) atoms. The molecule has 102 valence electrons. The molecule has 0 amide bonds. The molecule has 1 aromatic carbocycles. The van der Waals surface area contributed by atoms with Gasteiger partial charge in [-0.05, 0) is 12.3 Å². The maximum Gasteiger partial charge on any atom is 0.131 e. The van der Waals surface area contributed by atoms with Crippen molar-refractivity contribution in [1.82, 2.24) is 0 Å². The minimum absolute atomic E-state index is 0. The van der Waals surface area contributed by atoms with Crippen LogP contribution in [0.4, 0.5) is 0 Å². The molecule has 3 N–H and O–H groups in total. The molecule has 2 rings (SSSR count). The Labute approximate surface area is 113 Å². The number of ether oxygens (including phenoxy) is 2. The van der Waals surface area contributed by atoms with Crippen LogP contribution in [0, 0.1) is 5.92 Å². The lowest BCUT2D eigenvalue weighted by Gasteiger charge is -2.18. The summed E-state index contributed by atoms with van der Waals surface area (Å²) in [7, 11) is 3.12. The van der Waals surface area contributed by atoms with E-state index in [1.807, 2.05) is 0 Å². The molecule has 0 spiro atoms. The Morgan fingerprint density at radius 1 is 1.33 bits per heavy atom. The van der Waals surface area contributed by atoms with Crippen molar-refractivity contribution in [3.63, 3.8) is 0 Å². The quantitative estimate of drug-likeness (QED) is 0.866. The molecule has 0 saturated heterocycles. The van der Waals surface area contributed by atoms with Crippen LogP contribution in [0.1, 0.15) is 30.9 Å². The molecular formula is C13H20ClNO3. The molecule has 4 nitrogen and oxygen atoms in total. The second kappa shape index (κ2) is 6.16. The van der Waals surface area contributed by atoms with Crippen molar-refractivity contribution in [2.45, 2.75) is 25.3 Å². The Balaban J connectivity index is 0.00000162. The van der Waals surface area contributed by atoms with Gasteiger partial charge in [-0.1, -0.05) is 12.8 Å². The maximum atomic E-state index is 10.00. The number of benzene rings is 1. The molecule has 1 atom stereocenters. The number of rotatable bonds is 5. The summed E-state index contributed by atoms with van der Waals surface area (Å²) >= 11 is 0. The van der Waals surface area contributed by atoms with Crippen LogP contribution in [0.5, 0.6) is 17.2 Å². The summed E-state index contributed by atoms with van der Waals surface area (Å²) in [5.74, 6) is 2.02. The number of methoxy groups -OCH3 is 2. The average molecular weight is 274 g/mol. The summed E-state index contributed by atoms with van der Waals surface area (Å²) < 4.78 is 10.4. The fourth-order valence-corrected chi connectivity index (χ4v) is 2.08. The first-order valence-electron chi connectivity index (χ1n) is 5.86. The highest BCUT2D eigenvalue weighted by molar-refractivity contribution is 5.85. The predicted octanol–water partition coefficient (Wildman–Crippen LogP) is 2.63. The minimum atomic E-state index is -0.177. The van der Waals surface area contributed by atoms with Crippen molar-refractivity contribution < 1.29 is 14.6 Å². The van der Waals surface area contributed by atoms with E-state index in [9.17, 15) is 5.11 Å². The number of hydrogen-bond acceptors (Lipinski definition) is 4. The van der Waals surface area contributed by atoms with Crippen molar-refractivity contribution in [2.75, 3.05) is 14.2 Å². The fraction of sp³-hybridized carbons (Fsp3) is 0.538. The van der Waals surface area contributed by atoms with Crippen LogP contribution in [-0.4, -0.2) is 19.3 Å². The Bertz CT molecular complexity index is 407. The van der Waals surface area contributed by atoms with Gasteiger partial charge in [0.2, 0.25) is 0 Å². The van der Waals surface area contributed by atoms with Gasteiger partial charge in [0, 0.05) is 18.2 Å². The topological polar surface area (TPSA) is 64.7 Å². The SMILES string of the molecule is COc1cc(O)c([C@@H](N)CC2CC2)c(OC)c1.Cl. The van der Waals surface area contributed by atoms with E-state index in [1.54, 1.807) is 26.4 Å². The summed E-state index contributed by atoms with van der Waals surface area (Å²) in [6.45, 7) is 0. The van der Waals surface area contributed by atoms with Crippen LogP contribution in [0.15, 0.2) is 12.1 Å². The molecular weight excluding hydrogens is 254 g/mol. The van der Waals surface area contributed by atoms with Crippen molar-refractivity contribution in [2.24, 2.45) is 11.7 Å². The zero-order valence-corrected chi connectivity index (χ0v) is 11.5. The molecule has 5 heteroatoms. The smallest absolute Gasteiger partial charge is 0.131 e. The summed E-state index contributed by atoms with van der Waals surface area (Å²) in [4.78, 5) is 0. The van der Waals surface area contributed by atoms with Gasteiger partial charge in [0.25, 0.3) is 0 Å². The minimum Gasteiger partial charge on any atom is -0.507 e. The van der Waals surface area contributed by atoms with E-state index in [1.165, 1.54) is 12.8 Å². The van der Waals surface area contributed by atoms with Gasteiger partial charge >= 0.3 is 0 Å². The van der Waals surface area contributed by atoms with Crippen molar-refractivity contribution in [1.29, 1.82) is 0 Å². The first-order valence-corrected chi connectivity index (χ1v) is 5.86. The molecule has 0 radical (unpaired) electrons. The van der Waals surface area contributed by atoms with E-state index in [2.05, 4.69) is 0 Å². The average Bonchev–Trinajstić information content (AvgIpc) is 3.11. The number of phenolic OH excluding ortho intramolecular Hbond substituents is 1. The highest BCUT2D eigenvalue weighted by Crippen LogP contribution is 2.42. The third kappa shape index (κ3) is 3.21. The van der Waals surface area contributed by atoms with Crippen molar-refractivity contribution in [3.8, 4) is 17.2 Å². The van der Waals surface area contributed by atoms with Gasteiger partial charge < -0.3 is 20.3 Å². The largest absolute Gasteiger partial charge is 0.507 e. The van der Waals surface area contributed by atoms with Crippen molar-refractivity contribution >= 4 is 12.4 Å². The van der Waals surface area contributed by atoms with E-state index < -0.39 is 0 Å². The molecule has 0 aliphatic heterocycles. The molecule has 1 aromatic rings. The van der Waals surface area contributed by atoms with Crippen LogP contribution >= 0.6 is 12.4 Å². The van der Waals surface area contributed by atoms with Crippen LogP contribution in [0.3, 0.4) is 0 Å². The summed E-state index contributed by atoms with van der Waals surface area (Å²) in [6, 6.07) is 3.15. The first-order chi connectivity index (χ1) is 8.15. The molecule has 0 unspecified atom stereocenters. The second-order valence-electron chi connectivity index (χ2n) is 4.55. The monoisotopic (exact) mass is 273 g/mol. The van der Waals surface area contributed by atoms with Crippen LogP contribution in [0.2, 0.25) is 0 Å². The van der Waals surface area contributed by atoms with Gasteiger partial charge in [0.1, 0.15) is 17.2 Å². The lowest BCUT2D eigenvalue weighted by molar-refractivity contribution is 0.372.